The van der Waals surface area contributed by atoms with Crippen LogP contribution in [0.5, 0.6) is 0 Å². The van der Waals surface area contributed by atoms with E-state index < -0.39 is 0 Å². The summed E-state index contributed by atoms with van der Waals surface area (Å²) in [6, 6.07) is 6.84. The summed E-state index contributed by atoms with van der Waals surface area (Å²) in [5.74, 6) is -0.226. The molecule has 0 spiro atoms. The number of aliphatic hydroxyl groups is 1. The van der Waals surface area contributed by atoms with Crippen LogP contribution in [0, 0.1) is 5.82 Å². The molecule has 0 saturated heterocycles. The van der Waals surface area contributed by atoms with E-state index in [1.165, 1.54) is 17.0 Å². The van der Waals surface area contributed by atoms with E-state index in [1.54, 1.807) is 23.5 Å². The van der Waals surface area contributed by atoms with E-state index in [0.29, 0.717) is 0 Å². The van der Waals surface area contributed by atoms with Crippen molar-refractivity contribution < 1.29 is 9.50 Å². The standard InChI is InChI=1S/C16H19FN2OS/c1-10(9-20)18-13-3-2-4-14-15(13)21-16(19-14)11-5-7-12(17)8-6-11/h5-8,10,13,18,20H,2-4,9H2,1H3. The predicted molar refractivity (Wildman–Crippen MR) is 82.9 cm³/mol. The number of thiazole rings is 1. The minimum atomic E-state index is -0.226. The number of fused-ring (bicyclic) bond motifs is 1. The lowest BCUT2D eigenvalue weighted by molar-refractivity contribution is 0.237. The Labute approximate surface area is 127 Å². The highest BCUT2D eigenvalue weighted by molar-refractivity contribution is 7.15. The quantitative estimate of drug-likeness (QED) is 0.911. The topological polar surface area (TPSA) is 45.1 Å². The minimum absolute atomic E-state index is 0.0809. The highest BCUT2D eigenvalue weighted by Crippen LogP contribution is 2.38. The number of hydrogen-bond acceptors (Lipinski definition) is 4. The lowest BCUT2D eigenvalue weighted by Gasteiger charge is -2.25. The van der Waals surface area contributed by atoms with Crippen molar-refractivity contribution in [2.24, 2.45) is 0 Å². The molecule has 3 rings (SSSR count). The Balaban J connectivity index is 1.88. The van der Waals surface area contributed by atoms with Crippen molar-refractivity contribution in [2.75, 3.05) is 6.61 Å². The van der Waals surface area contributed by atoms with Gasteiger partial charge in [0.2, 0.25) is 0 Å². The van der Waals surface area contributed by atoms with E-state index in [2.05, 4.69) is 5.32 Å². The number of nitrogens with one attached hydrogen (secondary N) is 1. The Kier molecular flexibility index (Phi) is 4.33. The molecule has 2 unspecified atom stereocenters. The predicted octanol–water partition coefficient (Wildman–Crippen LogP) is 3.30. The SMILES string of the molecule is CC(CO)NC1CCCc2nc(-c3ccc(F)cc3)sc21. The average molecular weight is 306 g/mol. The Morgan fingerprint density at radius 2 is 2.19 bits per heavy atom. The first kappa shape index (κ1) is 14.6. The smallest absolute Gasteiger partial charge is 0.123 e. The van der Waals surface area contributed by atoms with Crippen molar-refractivity contribution in [1.82, 2.24) is 10.3 Å². The van der Waals surface area contributed by atoms with Crippen molar-refractivity contribution in [2.45, 2.75) is 38.3 Å². The molecule has 1 aromatic heterocycles. The first-order valence-corrected chi connectivity index (χ1v) is 8.11. The van der Waals surface area contributed by atoms with Crippen molar-refractivity contribution in [3.05, 3.63) is 40.7 Å². The van der Waals surface area contributed by atoms with Crippen molar-refractivity contribution in [1.29, 1.82) is 0 Å². The Morgan fingerprint density at radius 3 is 2.90 bits per heavy atom. The summed E-state index contributed by atoms with van der Waals surface area (Å²) in [5.41, 5.74) is 2.11. The van der Waals surface area contributed by atoms with Crippen molar-refractivity contribution >= 4 is 11.3 Å². The van der Waals surface area contributed by atoms with Crippen LogP contribution in [0.4, 0.5) is 4.39 Å². The number of benzene rings is 1. The summed E-state index contributed by atoms with van der Waals surface area (Å²) in [7, 11) is 0. The van der Waals surface area contributed by atoms with Crippen LogP contribution in [0.15, 0.2) is 24.3 Å². The number of aryl methyl sites for hydroxylation is 1. The molecule has 1 aliphatic carbocycles. The fourth-order valence-electron chi connectivity index (χ4n) is 2.69. The summed E-state index contributed by atoms with van der Waals surface area (Å²) >= 11 is 1.68. The molecule has 0 aliphatic heterocycles. The lowest BCUT2D eigenvalue weighted by atomic mass is 9.97. The molecule has 3 nitrogen and oxygen atoms in total. The minimum Gasteiger partial charge on any atom is -0.395 e. The maximum atomic E-state index is 13.0. The molecule has 0 bridgehead atoms. The van der Waals surface area contributed by atoms with E-state index in [4.69, 9.17) is 4.98 Å². The van der Waals surface area contributed by atoms with Crippen LogP contribution in [0.2, 0.25) is 0 Å². The number of aromatic nitrogens is 1. The molecule has 112 valence electrons. The summed E-state index contributed by atoms with van der Waals surface area (Å²) in [4.78, 5) is 5.99. The van der Waals surface area contributed by atoms with Gasteiger partial charge in [-0.25, -0.2) is 9.37 Å². The fourth-order valence-corrected chi connectivity index (χ4v) is 3.90. The number of rotatable bonds is 4. The summed E-state index contributed by atoms with van der Waals surface area (Å²) < 4.78 is 13.0. The van der Waals surface area contributed by atoms with Gasteiger partial charge in [0.1, 0.15) is 10.8 Å². The number of nitrogens with zero attached hydrogens (tertiary/aromatic N) is 1. The molecule has 1 aliphatic rings. The first-order chi connectivity index (χ1) is 10.2. The van der Waals surface area contributed by atoms with Crippen LogP contribution < -0.4 is 5.32 Å². The van der Waals surface area contributed by atoms with Gasteiger partial charge in [0.25, 0.3) is 0 Å². The number of hydrogen-bond donors (Lipinski definition) is 2. The van der Waals surface area contributed by atoms with Gasteiger partial charge < -0.3 is 10.4 Å². The zero-order chi connectivity index (χ0) is 14.8. The Hall–Kier alpha value is -1.30. The van der Waals surface area contributed by atoms with Crippen LogP contribution in [0.1, 0.15) is 36.4 Å². The molecule has 5 heteroatoms. The van der Waals surface area contributed by atoms with Crippen LogP contribution in [0.25, 0.3) is 10.6 Å². The van der Waals surface area contributed by atoms with Gasteiger partial charge in [-0.15, -0.1) is 11.3 Å². The molecule has 1 aromatic carbocycles. The van der Waals surface area contributed by atoms with Gasteiger partial charge in [-0.3, -0.25) is 0 Å². The van der Waals surface area contributed by atoms with Gasteiger partial charge in [0, 0.05) is 22.5 Å². The first-order valence-electron chi connectivity index (χ1n) is 7.30. The molecule has 21 heavy (non-hydrogen) atoms. The highest BCUT2D eigenvalue weighted by Gasteiger charge is 2.25. The summed E-state index contributed by atoms with van der Waals surface area (Å²) in [5, 5.41) is 13.6. The molecule has 2 N–H and O–H groups in total. The summed E-state index contributed by atoms with van der Waals surface area (Å²) in [6.45, 7) is 2.12. The third kappa shape index (κ3) is 3.15. The zero-order valence-corrected chi connectivity index (χ0v) is 12.8. The molecule has 2 atom stereocenters. The van der Waals surface area contributed by atoms with Crippen LogP contribution in [-0.2, 0) is 6.42 Å². The van der Waals surface area contributed by atoms with Crippen LogP contribution in [-0.4, -0.2) is 22.7 Å². The second-order valence-corrected chi connectivity index (χ2v) is 6.56. The molecule has 0 fully saturated rings. The van der Waals surface area contributed by atoms with Crippen LogP contribution >= 0.6 is 11.3 Å². The largest absolute Gasteiger partial charge is 0.395 e. The molecule has 0 saturated carbocycles. The third-order valence-electron chi connectivity index (χ3n) is 3.80. The second-order valence-electron chi connectivity index (χ2n) is 5.53. The molecular formula is C16H19FN2OS. The van der Waals surface area contributed by atoms with Gasteiger partial charge in [0.05, 0.1) is 12.3 Å². The van der Waals surface area contributed by atoms with E-state index in [-0.39, 0.29) is 24.5 Å². The molecule has 2 aromatic rings. The van der Waals surface area contributed by atoms with Gasteiger partial charge >= 0.3 is 0 Å². The average Bonchev–Trinajstić information content (AvgIpc) is 2.93. The zero-order valence-electron chi connectivity index (χ0n) is 12.0. The van der Waals surface area contributed by atoms with E-state index in [0.717, 1.165) is 35.5 Å². The Bertz CT molecular complexity index is 611. The Morgan fingerprint density at radius 1 is 1.43 bits per heavy atom. The normalized spacial score (nSPS) is 19.3. The van der Waals surface area contributed by atoms with E-state index in [1.807, 2.05) is 6.92 Å². The lowest BCUT2D eigenvalue weighted by Crippen LogP contribution is -2.34. The number of halogens is 1. The van der Waals surface area contributed by atoms with Gasteiger partial charge in [0.15, 0.2) is 0 Å². The van der Waals surface area contributed by atoms with Crippen molar-refractivity contribution in [3.63, 3.8) is 0 Å². The second kappa shape index (κ2) is 6.22. The maximum absolute atomic E-state index is 13.0. The highest BCUT2D eigenvalue weighted by atomic mass is 32.1. The molecule has 0 amide bonds. The van der Waals surface area contributed by atoms with Crippen molar-refractivity contribution in [3.8, 4) is 10.6 Å². The molecule has 1 heterocycles. The van der Waals surface area contributed by atoms with E-state index in [9.17, 15) is 9.50 Å². The molecule has 0 radical (unpaired) electrons. The van der Waals surface area contributed by atoms with E-state index >= 15 is 0 Å². The number of aliphatic hydroxyl groups excluding tert-OH is 1. The maximum Gasteiger partial charge on any atom is 0.123 e. The molecular weight excluding hydrogens is 287 g/mol. The van der Waals surface area contributed by atoms with Crippen LogP contribution in [0.3, 0.4) is 0 Å². The summed E-state index contributed by atoms with van der Waals surface area (Å²) in [6.07, 6.45) is 3.18. The monoisotopic (exact) mass is 306 g/mol. The fraction of sp³-hybridized carbons (Fsp3) is 0.438. The van der Waals surface area contributed by atoms with Gasteiger partial charge in [-0.1, -0.05) is 0 Å². The van der Waals surface area contributed by atoms with Gasteiger partial charge in [-0.05, 0) is 50.5 Å². The van der Waals surface area contributed by atoms with Gasteiger partial charge in [-0.2, -0.15) is 0 Å². The third-order valence-corrected chi connectivity index (χ3v) is 5.06.